The lowest BCUT2D eigenvalue weighted by Crippen LogP contribution is -2.47. The molecule has 0 spiro atoms. The van der Waals surface area contributed by atoms with Crippen LogP contribution < -0.4 is 15.0 Å². The van der Waals surface area contributed by atoms with Gasteiger partial charge in [-0.3, -0.25) is 9.59 Å². The van der Waals surface area contributed by atoms with Crippen molar-refractivity contribution in [1.82, 2.24) is 9.55 Å². The summed E-state index contributed by atoms with van der Waals surface area (Å²) in [6, 6.07) is 5.67. The molecule has 0 fully saturated rings. The van der Waals surface area contributed by atoms with Gasteiger partial charge in [-0.15, -0.1) is 0 Å². The van der Waals surface area contributed by atoms with Gasteiger partial charge in [-0.05, 0) is 43.4 Å². The quantitative estimate of drug-likeness (QED) is 0.329. The first-order valence-electron chi connectivity index (χ1n) is 13.3. The first-order chi connectivity index (χ1) is 18.4. The SMILES string of the molecule is CCCCc1c2c(nc3cc4c(cc13)OCO4)-c1cc3c(c(=O)n1C2)COC(=O)[C@@]3(CC)OC(=O)CCC. The molecule has 0 radical (unpaired) electrons. The topological polar surface area (TPSA) is 106 Å². The first-order valence-corrected chi connectivity index (χ1v) is 13.3. The molecule has 0 amide bonds. The van der Waals surface area contributed by atoms with Gasteiger partial charge < -0.3 is 23.5 Å². The second-order valence-corrected chi connectivity index (χ2v) is 10.0. The van der Waals surface area contributed by atoms with Crippen molar-refractivity contribution >= 4 is 22.8 Å². The van der Waals surface area contributed by atoms with Gasteiger partial charge in [-0.1, -0.05) is 27.2 Å². The molecule has 0 saturated carbocycles. The van der Waals surface area contributed by atoms with Crippen LogP contribution in [0.2, 0.25) is 0 Å². The molecular formula is C29H30N2O7. The number of fused-ring (bicyclic) bond motifs is 6. The molecule has 3 aliphatic rings. The number of hydrogen-bond acceptors (Lipinski definition) is 8. The van der Waals surface area contributed by atoms with E-state index in [1.807, 2.05) is 19.1 Å². The molecule has 0 bridgehead atoms. The summed E-state index contributed by atoms with van der Waals surface area (Å²) < 4.78 is 24.1. The Labute approximate surface area is 219 Å². The van der Waals surface area contributed by atoms with Crippen molar-refractivity contribution in [2.45, 2.75) is 78.0 Å². The van der Waals surface area contributed by atoms with E-state index in [1.165, 1.54) is 0 Å². The number of cyclic esters (lactones) is 1. The van der Waals surface area contributed by atoms with Crippen LogP contribution in [-0.4, -0.2) is 28.3 Å². The van der Waals surface area contributed by atoms with E-state index in [0.717, 1.165) is 41.3 Å². The Hall–Kier alpha value is -3.88. The minimum Gasteiger partial charge on any atom is -0.457 e. The van der Waals surface area contributed by atoms with Crippen molar-refractivity contribution in [3.8, 4) is 22.9 Å². The summed E-state index contributed by atoms with van der Waals surface area (Å²) in [7, 11) is 0. The number of pyridine rings is 2. The highest BCUT2D eigenvalue weighted by Gasteiger charge is 2.50. The molecule has 1 aromatic carbocycles. The molecule has 198 valence electrons. The maximum atomic E-state index is 13.8. The lowest BCUT2D eigenvalue weighted by atomic mass is 9.85. The number of unbranched alkanes of at least 4 members (excludes halogenated alkanes) is 1. The fourth-order valence-electron chi connectivity index (χ4n) is 5.80. The molecule has 38 heavy (non-hydrogen) atoms. The highest BCUT2D eigenvalue weighted by Crippen LogP contribution is 2.44. The van der Waals surface area contributed by atoms with Crippen molar-refractivity contribution in [1.29, 1.82) is 0 Å². The molecular weight excluding hydrogens is 488 g/mol. The van der Waals surface area contributed by atoms with Crippen LogP contribution in [0.1, 0.15) is 75.1 Å². The summed E-state index contributed by atoms with van der Waals surface area (Å²) in [5.74, 6) is 0.185. The Balaban J connectivity index is 1.58. The number of benzene rings is 1. The van der Waals surface area contributed by atoms with Gasteiger partial charge in [0.15, 0.2) is 11.5 Å². The largest absolute Gasteiger partial charge is 0.457 e. The summed E-state index contributed by atoms with van der Waals surface area (Å²) in [6.07, 6.45) is 3.73. The smallest absolute Gasteiger partial charge is 0.355 e. The van der Waals surface area contributed by atoms with Crippen LogP contribution in [0, 0.1) is 0 Å². The molecule has 2 aromatic heterocycles. The third-order valence-corrected chi connectivity index (χ3v) is 7.79. The van der Waals surface area contributed by atoms with Crippen molar-refractivity contribution < 1.29 is 28.5 Å². The molecule has 9 heteroatoms. The maximum Gasteiger partial charge on any atom is 0.355 e. The summed E-state index contributed by atoms with van der Waals surface area (Å²) >= 11 is 0. The number of hydrogen-bond donors (Lipinski definition) is 0. The van der Waals surface area contributed by atoms with Crippen LogP contribution in [-0.2, 0) is 44.2 Å². The number of carbonyl (C=O) groups is 2. The molecule has 3 aliphatic heterocycles. The Kier molecular flexibility index (Phi) is 5.89. The molecule has 1 atom stereocenters. The Morgan fingerprint density at radius 1 is 1.05 bits per heavy atom. The van der Waals surface area contributed by atoms with Gasteiger partial charge in [0.1, 0.15) is 6.61 Å². The van der Waals surface area contributed by atoms with Crippen LogP contribution in [0.25, 0.3) is 22.3 Å². The molecule has 5 heterocycles. The van der Waals surface area contributed by atoms with Crippen molar-refractivity contribution in [3.63, 3.8) is 0 Å². The van der Waals surface area contributed by atoms with Crippen LogP contribution >= 0.6 is 0 Å². The Morgan fingerprint density at radius 3 is 2.58 bits per heavy atom. The second-order valence-electron chi connectivity index (χ2n) is 10.0. The van der Waals surface area contributed by atoms with E-state index in [0.29, 0.717) is 47.0 Å². The summed E-state index contributed by atoms with van der Waals surface area (Å²) in [4.78, 5) is 44.5. The third-order valence-electron chi connectivity index (χ3n) is 7.79. The highest BCUT2D eigenvalue weighted by molar-refractivity contribution is 5.91. The molecule has 0 aliphatic carbocycles. The lowest BCUT2D eigenvalue weighted by molar-refractivity contribution is -0.189. The average Bonchev–Trinajstić information content (AvgIpc) is 3.52. The minimum atomic E-state index is -1.66. The van der Waals surface area contributed by atoms with Gasteiger partial charge in [0.25, 0.3) is 5.56 Å². The van der Waals surface area contributed by atoms with Gasteiger partial charge in [0, 0.05) is 29.0 Å². The zero-order valence-electron chi connectivity index (χ0n) is 21.8. The van der Waals surface area contributed by atoms with E-state index in [4.69, 9.17) is 23.9 Å². The monoisotopic (exact) mass is 518 g/mol. The van der Waals surface area contributed by atoms with E-state index in [1.54, 1.807) is 17.6 Å². The summed E-state index contributed by atoms with van der Waals surface area (Å²) in [6.45, 7) is 6.15. The predicted molar refractivity (Wildman–Crippen MR) is 138 cm³/mol. The summed E-state index contributed by atoms with van der Waals surface area (Å²) in [5.41, 5.74) is 3.01. The van der Waals surface area contributed by atoms with Gasteiger partial charge >= 0.3 is 11.9 Å². The fraction of sp³-hybridized carbons (Fsp3) is 0.448. The van der Waals surface area contributed by atoms with E-state index < -0.39 is 17.5 Å². The number of carbonyl (C=O) groups excluding carboxylic acids is 2. The van der Waals surface area contributed by atoms with Crippen molar-refractivity contribution in [3.05, 3.63) is 50.8 Å². The standard InChI is InChI=1S/C29H30N2O7/c1-4-7-9-16-17-10-23-24(37-15-36-23)12-21(17)30-26-18(16)13-31-22(26)11-20-19(27(31)33)14-35-28(34)29(20,6-3)38-25(32)8-5-2/h10-12H,4-9,13-15H2,1-3H3/t29-/m0/s1. The molecule has 6 rings (SSSR count). The molecule has 9 nitrogen and oxygen atoms in total. The molecule has 0 unspecified atom stereocenters. The van der Waals surface area contributed by atoms with Crippen LogP contribution in [0.4, 0.5) is 0 Å². The van der Waals surface area contributed by atoms with Gasteiger partial charge in [-0.2, -0.15) is 0 Å². The van der Waals surface area contributed by atoms with Gasteiger partial charge in [0.2, 0.25) is 12.4 Å². The summed E-state index contributed by atoms with van der Waals surface area (Å²) in [5, 5.41) is 0.988. The molecule has 0 N–H and O–H groups in total. The minimum absolute atomic E-state index is 0.153. The fourth-order valence-corrected chi connectivity index (χ4v) is 5.80. The third kappa shape index (κ3) is 3.51. The lowest BCUT2D eigenvalue weighted by Gasteiger charge is -2.35. The average molecular weight is 519 g/mol. The first kappa shape index (κ1) is 24.5. The van der Waals surface area contributed by atoms with Crippen molar-refractivity contribution in [2.24, 2.45) is 0 Å². The van der Waals surface area contributed by atoms with Crippen LogP contribution in [0.5, 0.6) is 11.5 Å². The predicted octanol–water partition coefficient (Wildman–Crippen LogP) is 4.50. The second kappa shape index (κ2) is 9.15. The zero-order valence-corrected chi connectivity index (χ0v) is 21.8. The van der Waals surface area contributed by atoms with Crippen LogP contribution in [0.3, 0.4) is 0 Å². The Bertz CT molecular complexity index is 1560. The van der Waals surface area contributed by atoms with Crippen LogP contribution in [0.15, 0.2) is 23.0 Å². The molecule has 3 aromatic rings. The number of ether oxygens (including phenoxy) is 4. The number of aryl methyl sites for hydroxylation is 1. The maximum absolute atomic E-state index is 13.8. The van der Waals surface area contributed by atoms with E-state index in [9.17, 15) is 14.4 Å². The van der Waals surface area contributed by atoms with Gasteiger partial charge in [-0.25, -0.2) is 9.78 Å². The van der Waals surface area contributed by atoms with E-state index >= 15 is 0 Å². The van der Waals surface area contributed by atoms with E-state index in [2.05, 4.69) is 6.92 Å². The molecule has 0 saturated heterocycles. The van der Waals surface area contributed by atoms with Crippen molar-refractivity contribution in [2.75, 3.05) is 6.79 Å². The highest BCUT2D eigenvalue weighted by atomic mass is 16.7. The number of nitrogens with zero attached hydrogens (tertiary/aromatic N) is 2. The number of esters is 2. The van der Waals surface area contributed by atoms with E-state index in [-0.39, 0.29) is 31.8 Å². The number of rotatable bonds is 7. The number of aromatic nitrogens is 2. The van der Waals surface area contributed by atoms with Gasteiger partial charge in [0.05, 0.1) is 29.0 Å². The zero-order chi connectivity index (χ0) is 26.6. The normalized spacial score (nSPS) is 18.7. The Morgan fingerprint density at radius 2 is 1.84 bits per heavy atom.